The summed E-state index contributed by atoms with van der Waals surface area (Å²) in [7, 11) is -9.86. The number of rotatable bonds is 11. The summed E-state index contributed by atoms with van der Waals surface area (Å²) in [6.45, 7) is 1.55. The number of piperidine rings is 1. The van der Waals surface area contributed by atoms with Crippen molar-refractivity contribution in [1.29, 1.82) is 0 Å². The van der Waals surface area contributed by atoms with Gasteiger partial charge in [-0.25, -0.2) is 28.6 Å². The van der Waals surface area contributed by atoms with E-state index in [0.29, 0.717) is 13.0 Å². The maximum atomic E-state index is 12.5. The molecular formula is C20H31N7O12P2. The number of hydrogen-bond donors (Lipinski definition) is 8. The van der Waals surface area contributed by atoms with Crippen LogP contribution in [0.15, 0.2) is 12.7 Å². The first-order chi connectivity index (χ1) is 19.3. The first kappa shape index (κ1) is 31.4. The highest BCUT2D eigenvalue weighted by atomic mass is 31.3. The lowest BCUT2D eigenvalue weighted by Crippen LogP contribution is -2.44. The highest BCUT2D eigenvalue weighted by molar-refractivity contribution is 7.64. The number of aliphatic carboxylic acids is 1. The molecule has 2 aliphatic rings. The van der Waals surface area contributed by atoms with Crippen molar-refractivity contribution < 1.29 is 57.4 Å². The Morgan fingerprint density at radius 1 is 1.22 bits per heavy atom. The Labute approximate surface area is 232 Å². The molecular weight excluding hydrogens is 592 g/mol. The zero-order chi connectivity index (χ0) is 29.9. The Balaban J connectivity index is 1.38. The highest BCUT2D eigenvalue weighted by Crippen LogP contribution is 2.61. The largest absolute Gasteiger partial charge is 0.480 e. The number of nitrogens with zero attached hydrogens (tertiary/aromatic N) is 4. The van der Waals surface area contributed by atoms with Gasteiger partial charge in [0.1, 0.15) is 30.7 Å². The molecule has 2 saturated heterocycles. The van der Waals surface area contributed by atoms with Crippen LogP contribution in [0.1, 0.15) is 26.0 Å². The molecule has 228 valence electrons. The van der Waals surface area contributed by atoms with Gasteiger partial charge in [0.05, 0.1) is 19.1 Å². The molecule has 21 heteroatoms. The number of aliphatic hydroxyl groups excluding tert-OH is 2. The van der Waals surface area contributed by atoms with Crippen molar-refractivity contribution in [3.05, 3.63) is 12.7 Å². The van der Waals surface area contributed by atoms with E-state index in [2.05, 4.69) is 35.2 Å². The monoisotopic (exact) mass is 623 g/mol. The molecule has 8 atom stereocenters. The van der Waals surface area contributed by atoms with Crippen LogP contribution in [0.3, 0.4) is 0 Å². The average molecular weight is 623 g/mol. The van der Waals surface area contributed by atoms with Crippen LogP contribution in [-0.4, -0.2) is 107 Å². The smallest absolute Gasteiger partial charge is 0.479 e. The van der Waals surface area contributed by atoms with E-state index in [9.17, 15) is 38.7 Å². The number of aromatic nitrogens is 4. The number of amides is 2. The summed E-state index contributed by atoms with van der Waals surface area (Å²) in [6.07, 6.45) is -3.71. The summed E-state index contributed by atoms with van der Waals surface area (Å²) in [5.74, 6) is -1.61. The van der Waals surface area contributed by atoms with Gasteiger partial charge in [0.25, 0.3) is 0 Å². The molecule has 0 spiro atoms. The third-order valence-electron chi connectivity index (χ3n) is 6.47. The lowest BCUT2D eigenvalue weighted by molar-refractivity contribution is -0.140. The molecule has 2 amide bonds. The first-order valence-corrected chi connectivity index (χ1v) is 15.8. The normalized spacial score (nSPS) is 29.5. The molecule has 0 aromatic carbocycles. The molecule has 41 heavy (non-hydrogen) atoms. The van der Waals surface area contributed by atoms with Gasteiger partial charge >= 0.3 is 27.4 Å². The molecule has 2 aromatic rings. The van der Waals surface area contributed by atoms with Gasteiger partial charge in [0, 0.05) is 6.54 Å². The molecule has 2 aliphatic heterocycles. The van der Waals surface area contributed by atoms with Crippen molar-refractivity contribution >= 4 is 44.4 Å². The van der Waals surface area contributed by atoms with Crippen LogP contribution in [0.4, 0.5) is 10.6 Å². The van der Waals surface area contributed by atoms with E-state index in [1.165, 1.54) is 10.9 Å². The Morgan fingerprint density at radius 2 is 1.98 bits per heavy atom. The zero-order valence-electron chi connectivity index (χ0n) is 21.6. The van der Waals surface area contributed by atoms with Gasteiger partial charge < -0.3 is 40.5 Å². The van der Waals surface area contributed by atoms with Crippen LogP contribution in [0.25, 0.3) is 11.2 Å². The van der Waals surface area contributed by atoms with Gasteiger partial charge in [0.2, 0.25) is 0 Å². The lowest BCUT2D eigenvalue weighted by Gasteiger charge is -2.29. The predicted molar refractivity (Wildman–Crippen MR) is 138 cm³/mol. The summed E-state index contributed by atoms with van der Waals surface area (Å²) >= 11 is 0. The fraction of sp³-hybridized carbons (Fsp3) is 0.650. The summed E-state index contributed by atoms with van der Waals surface area (Å²) in [6, 6.07) is -1.45. The summed E-state index contributed by atoms with van der Waals surface area (Å²) in [5, 5.41) is 38.0. The minimum atomic E-state index is -5.16. The zero-order valence-corrected chi connectivity index (χ0v) is 23.4. The molecule has 8 N–H and O–H groups in total. The fourth-order valence-corrected chi connectivity index (χ4v) is 7.67. The number of fused-ring (bicyclic) bond motifs is 1. The molecule has 4 heterocycles. The molecule has 5 unspecified atom stereocenters. The number of hydrogen-bond acceptors (Lipinski definition) is 13. The summed E-state index contributed by atoms with van der Waals surface area (Å²) < 4.78 is 41.2. The van der Waals surface area contributed by atoms with E-state index < -0.39 is 76.7 Å². The van der Waals surface area contributed by atoms with Crippen molar-refractivity contribution in [2.45, 2.75) is 50.3 Å². The number of phosphoric acid groups is 1. The third-order valence-corrected chi connectivity index (χ3v) is 9.77. The van der Waals surface area contributed by atoms with E-state index in [1.807, 2.05) is 0 Å². The van der Waals surface area contributed by atoms with Crippen molar-refractivity contribution in [2.24, 2.45) is 5.92 Å². The number of carbonyl (C=O) groups excluding carboxylic acids is 1. The third kappa shape index (κ3) is 7.64. The molecule has 0 radical (unpaired) electrons. The number of urea groups is 1. The van der Waals surface area contributed by atoms with Gasteiger partial charge in [-0.1, -0.05) is 0 Å². The second-order valence-electron chi connectivity index (χ2n) is 9.48. The number of nitrogens with one attached hydrogen (secondary N) is 3. The van der Waals surface area contributed by atoms with Crippen LogP contribution in [0.2, 0.25) is 0 Å². The van der Waals surface area contributed by atoms with E-state index in [4.69, 9.17) is 14.4 Å². The van der Waals surface area contributed by atoms with Crippen LogP contribution in [0, 0.1) is 5.92 Å². The Hall–Kier alpha value is -2.57. The Morgan fingerprint density at radius 3 is 2.68 bits per heavy atom. The highest BCUT2D eigenvalue weighted by Gasteiger charge is 2.46. The van der Waals surface area contributed by atoms with Crippen LogP contribution in [-0.2, 0) is 27.5 Å². The number of carboxylic acid groups (broad SMARTS) is 1. The second kappa shape index (κ2) is 12.7. The van der Waals surface area contributed by atoms with Gasteiger partial charge in [-0.2, -0.15) is 0 Å². The molecule has 0 bridgehead atoms. The van der Waals surface area contributed by atoms with Crippen molar-refractivity contribution in [1.82, 2.24) is 30.2 Å². The number of carbonyl (C=O) groups is 2. The maximum Gasteiger partial charge on any atom is 0.479 e. The van der Waals surface area contributed by atoms with Crippen LogP contribution < -0.4 is 16.0 Å². The Kier molecular flexibility index (Phi) is 9.75. The number of carboxylic acids is 1. The predicted octanol–water partition coefficient (Wildman–Crippen LogP) is -0.641. The number of aliphatic hydroxyl groups is 2. The summed E-state index contributed by atoms with van der Waals surface area (Å²) in [4.78, 5) is 55.5. The minimum Gasteiger partial charge on any atom is -0.480 e. The Bertz CT molecular complexity index is 1360. The van der Waals surface area contributed by atoms with Crippen molar-refractivity contribution in [3.63, 3.8) is 0 Å². The minimum absolute atomic E-state index is 0.0263. The molecule has 4 rings (SSSR count). The van der Waals surface area contributed by atoms with Crippen molar-refractivity contribution in [3.8, 4) is 0 Å². The second-order valence-corrected chi connectivity index (χ2v) is 13.0. The molecule has 2 aromatic heterocycles. The maximum absolute atomic E-state index is 12.5. The van der Waals surface area contributed by atoms with Crippen LogP contribution in [0.5, 0.6) is 0 Å². The van der Waals surface area contributed by atoms with Gasteiger partial charge in [0.15, 0.2) is 23.2 Å². The van der Waals surface area contributed by atoms with Crippen LogP contribution >= 0.6 is 15.4 Å². The average Bonchev–Trinajstić information content (AvgIpc) is 3.43. The van der Waals surface area contributed by atoms with Gasteiger partial charge in [-0.15, -0.1) is 0 Å². The number of ether oxygens (including phenoxy) is 1. The quantitative estimate of drug-likeness (QED) is 0.144. The summed E-state index contributed by atoms with van der Waals surface area (Å²) in [5.41, 5.74) is 0.282. The SMILES string of the molecule is CCNC(=O)Nc1ncnc2c1ncn2[C@@H]1O[C@H](COP(=O)(O)OP(=O)(O)CC2CCNC(C(=O)O)C2)C(O)[C@@H]1O. The topological polar surface area (TPSA) is 277 Å². The van der Waals surface area contributed by atoms with Gasteiger partial charge in [-0.05, 0) is 32.2 Å². The molecule has 19 nitrogen and oxygen atoms in total. The van der Waals surface area contributed by atoms with E-state index in [-0.39, 0.29) is 29.9 Å². The van der Waals surface area contributed by atoms with Crippen molar-refractivity contribution in [2.75, 3.05) is 31.2 Å². The lowest BCUT2D eigenvalue weighted by atomic mass is 9.94. The van der Waals surface area contributed by atoms with E-state index in [0.717, 1.165) is 6.33 Å². The van der Waals surface area contributed by atoms with Gasteiger partial charge in [-0.3, -0.25) is 23.8 Å². The number of anilines is 1. The van der Waals surface area contributed by atoms with E-state index >= 15 is 0 Å². The molecule has 2 fully saturated rings. The first-order valence-electron chi connectivity index (χ1n) is 12.5. The molecule has 0 saturated carbocycles. The van der Waals surface area contributed by atoms with E-state index in [1.54, 1.807) is 6.92 Å². The molecule has 0 aliphatic carbocycles. The standard InChI is InChI=1S/C20H31N7O12P2/c1-2-21-20(32)26-16-13-17(24-8-23-16)27(9-25-13)18-15(29)14(28)12(38-18)6-37-41(35,36)39-40(33,34)7-10-3-4-22-11(5-10)19(30)31/h8-12,14-15,18,22,28-29H,2-7H2,1H3,(H,30,31)(H,33,34)(H,35,36)(H2,21,23,24,26,32)/t10?,11?,12-,14?,15+,18-/m1/s1. The number of phosphoric ester groups is 1. The number of imidazole rings is 1. The fourth-order valence-electron chi connectivity index (χ4n) is 4.60.